The second kappa shape index (κ2) is 9.72. The normalized spacial score (nSPS) is 33.1. The van der Waals surface area contributed by atoms with Crippen LogP contribution < -0.4 is 25.9 Å². The van der Waals surface area contributed by atoms with Crippen LogP contribution in [0.25, 0.3) is 0 Å². The molecule has 5 aliphatic rings. The molecule has 5 N–H and O–H groups in total. The molecule has 216 valence electrons. The number of ether oxygens (including phenoxy) is 4. The van der Waals surface area contributed by atoms with Gasteiger partial charge in [-0.15, -0.1) is 0 Å². The molecule has 0 saturated carbocycles. The minimum Gasteiger partial charge on any atom is -0.493 e. The maximum atomic E-state index is 13.1. The number of hydrogen-bond acceptors (Lipinski definition) is 11. The molecule has 1 aromatic rings. The number of rotatable bonds is 7. The van der Waals surface area contributed by atoms with Gasteiger partial charge in [-0.2, -0.15) is 0 Å². The number of esters is 2. The van der Waals surface area contributed by atoms with Crippen LogP contribution in [0.15, 0.2) is 24.0 Å². The minimum atomic E-state index is -1.24. The lowest BCUT2D eigenvalue weighted by atomic mass is 9.50. The van der Waals surface area contributed by atoms with Crippen LogP contribution in [0.4, 0.5) is 0 Å². The molecule has 2 aliphatic carbocycles. The monoisotopic (exact) mass is 556 g/mol. The highest BCUT2D eigenvalue weighted by Gasteiger charge is 2.72. The van der Waals surface area contributed by atoms with E-state index < -0.39 is 41.2 Å². The van der Waals surface area contributed by atoms with Crippen LogP contribution in [0.3, 0.4) is 0 Å². The zero-order valence-corrected chi connectivity index (χ0v) is 22.9. The highest BCUT2D eigenvalue weighted by atomic mass is 16.6. The van der Waals surface area contributed by atoms with Gasteiger partial charge in [-0.3, -0.25) is 10.6 Å². The van der Waals surface area contributed by atoms with Gasteiger partial charge in [0.25, 0.3) is 0 Å². The Labute approximate surface area is 232 Å². The minimum absolute atomic E-state index is 0.205. The average molecular weight is 557 g/mol. The summed E-state index contributed by atoms with van der Waals surface area (Å²) in [6.07, 6.45) is 2.47. The summed E-state index contributed by atoms with van der Waals surface area (Å²) in [6, 6.07) is 2.19. The quantitative estimate of drug-likeness (QED) is 0.263. The van der Waals surface area contributed by atoms with Crippen molar-refractivity contribution in [2.24, 2.45) is 5.84 Å². The van der Waals surface area contributed by atoms with Crippen molar-refractivity contribution in [2.45, 2.75) is 87.3 Å². The number of carbonyl (C=O) groups is 3. The molecule has 7 atom stereocenters. The third kappa shape index (κ3) is 3.84. The second-order valence-electron chi connectivity index (χ2n) is 11.4. The van der Waals surface area contributed by atoms with Crippen molar-refractivity contribution in [2.75, 3.05) is 20.2 Å². The predicted molar refractivity (Wildman–Crippen MR) is 140 cm³/mol. The predicted octanol–water partition coefficient (Wildman–Crippen LogP) is -0.0516. The van der Waals surface area contributed by atoms with E-state index in [1.807, 2.05) is 12.1 Å². The molecule has 0 unspecified atom stereocenters. The summed E-state index contributed by atoms with van der Waals surface area (Å²) in [6.45, 7) is 4.20. The van der Waals surface area contributed by atoms with Crippen molar-refractivity contribution >= 4 is 17.8 Å². The van der Waals surface area contributed by atoms with Crippen LogP contribution in [0, 0.1) is 0 Å². The molecule has 1 aromatic carbocycles. The lowest BCUT2D eigenvalue weighted by Crippen LogP contribution is -2.76. The molecule has 0 aromatic heterocycles. The van der Waals surface area contributed by atoms with E-state index in [9.17, 15) is 19.5 Å². The van der Waals surface area contributed by atoms with E-state index in [0.717, 1.165) is 24.1 Å². The molecule has 1 amide bonds. The number of benzene rings is 1. The van der Waals surface area contributed by atoms with Gasteiger partial charge in [0.2, 0.25) is 5.91 Å². The van der Waals surface area contributed by atoms with E-state index >= 15 is 0 Å². The molecule has 0 radical (unpaired) electrons. The van der Waals surface area contributed by atoms with Crippen LogP contribution in [-0.4, -0.2) is 84.1 Å². The van der Waals surface area contributed by atoms with E-state index in [-0.39, 0.29) is 30.2 Å². The molecule has 2 saturated heterocycles. The number of nitrogens with zero attached hydrogens (tertiary/aromatic N) is 1. The second-order valence-corrected chi connectivity index (χ2v) is 11.4. The van der Waals surface area contributed by atoms with Crippen LogP contribution in [-0.2, 0) is 35.7 Å². The summed E-state index contributed by atoms with van der Waals surface area (Å²) < 4.78 is 23.2. The lowest BCUT2D eigenvalue weighted by Gasteiger charge is -2.61. The average Bonchev–Trinajstić information content (AvgIpc) is 3.59. The Balaban J connectivity index is 1.20. The first-order valence-electron chi connectivity index (χ1n) is 13.9. The first-order valence-corrected chi connectivity index (χ1v) is 13.9. The SMILES string of the molecule is COc1ccc2c3c1O[C@H]1C(OC(=O)[C@H](C)OC(=O)[C@H](C)NC(=O)[C@@H]4CCCN4)=CC[C@@]4(O)[C@@H](C2)N(N)CC[C@]314. The van der Waals surface area contributed by atoms with Gasteiger partial charge in [0.1, 0.15) is 11.8 Å². The number of nitrogens with two attached hydrogens (primary N) is 1. The van der Waals surface area contributed by atoms with E-state index in [1.54, 1.807) is 18.2 Å². The molecule has 2 fully saturated rings. The molecule has 1 spiro atoms. The van der Waals surface area contributed by atoms with Gasteiger partial charge < -0.3 is 34.7 Å². The Morgan fingerprint density at radius 3 is 2.80 bits per heavy atom. The molecule has 12 nitrogen and oxygen atoms in total. The number of hydrogen-bond donors (Lipinski definition) is 4. The zero-order valence-electron chi connectivity index (χ0n) is 22.9. The van der Waals surface area contributed by atoms with Crippen LogP contribution in [0.5, 0.6) is 11.5 Å². The highest BCUT2D eigenvalue weighted by molar-refractivity contribution is 5.88. The molecular weight excluding hydrogens is 520 g/mol. The highest BCUT2D eigenvalue weighted by Crippen LogP contribution is 2.65. The van der Waals surface area contributed by atoms with Gasteiger partial charge in [0.05, 0.1) is 30.2 Å². The molecule has 3 aliphatic heterocycles. The molecule has 12 heteroatoms. The Bertz CT molecular complexity index is 1280. The third-order valence-corrected chi connectivity index (χ3v) is 9.26. The summed E-state index contributed by atoms with van der Waals surface area (Å²) in [4.78, 5) is 38.1. The first kappa shape index (κ1) is 27.0. The van der Waals surface area contributed by atoms with Gasteiger partial charge in [-0.05, 0) is 63.8 Å². The maximum absolute atomic E-state index is 13.1. The Kier molecular flexibility index (Phi) is 6.56. The number of amides is 1. The van der Waals surface area contributed by atoms with Crippen molar-refractivity contribution in [1.29, 1.82) is 0 Å². The molecule has 6 rings (SSSR count). The molecule has 40 heavy (non-hydrogen) atoms. The summed E-state index contributed by atoms with van der Waals surface area (Å²) in [5, 5.41) is 19.6. The molecule has 2 bridgehead atoms. The Morgan fingerprint density at radius 2 is 2.08 bits per heavy atom. The van der Waals surface area contributed by atoms with E-state index in [2.05, 4.69) is 10.6 Å². The van der Waals surface area contributed by atoms with Crippen molar-refractivity contribution in [1.82, 2.24) is 15.6 Å². The van der Waals surface area contributed by atoms with Crippen LogP contribution in [0.2, 0.25) is 0 Å². The fourth-order valence-corrected chi connectivity index (χ4v) is 7.22. The van der Waals surface area contributed by atoms with Gasteiger partial charge in [0, 0.05) is 18.5 Å². The maximum Gasteiger partial charge on any atom is 0.352 e. The van der Waals surface area contributed by atoms with E-state index in [0.29, 0.717) is 37.3 Å². The van der Waals surface area contributed by atoms with E-state index in [4.69, 9.17) is 24.8 Å². The summed E-state index contributed by atoms with van der Waals surface area (Å²) >= 11 is 0. The van der Waals surface area contributed by atoms with Gasteiger partial charge in [-0.25, -0.2) is 14.6 Å². The fourth-order valence-electron chi connectivity index (χ4n) is 7.22. The van der Waals surface area contributed by atoms with Crippen molar-refractivity contribution < 1.29 is 38.4 Å². The molecule has 3 heterocycles. The number of piperidine rings is 1. The van der Waals surface area contributed by atoms with Crippen molar-refractivity contribution in [3.8, 4) is 11.5 Å². The van der Waals surface area contributed by atoms with E-state index in [1.165, 1.54) is 13.8 Å². The summed E-state index contributed by atoms with van der Waals surface area (Å²) in [5.41, 5.74) is -0.235. The number of carbonyl (C=O) groups excluding carboxylic acids is 3. The van der Waals surface area contributed by atoms with Crippen molar-refractivity contribution in [3.05, 3.63) is 35.1 Å². The summed E-state index contributed by atoms with van der Waals surface area (Å²) in [7, 11) is 1.56. The summed E-state index contributed by atoms with van der Waals surface area (Å²) in [5.74, 6) is 5.88. The lowest BCUT2D eigenvalue weighted by molar-refractivity contribution is -0.178. The largest absolute Gasteiger partial charge is 0.493 e. The van der Waals surface area contributed by atoms with Crippen LogP contribution >= 0.6 is 0 Å². The van der Waals surface area contributed by atoms with Gasteiger partial charge in [0.15, 0.2) is 23.7 Å². The fraction of sp³-hybridized carbons (Fsp3) is 0.607. The van der Waals surface area contributed by atoms with Crippen molar-refractivity contribution in [3.63, 3.8) is 0 Å². The number of nitrogens with one attached hydrogen (secondary N) is 2. The Hall–Kier alpha value is -3.19. The molecular formula is C28H36N4O8. The zero-order chi connectivity index (χ0) is 28.4. The van der Waals surface area contributed by atoms with Gasteiger partial charge in [-0.1, -0.05) is 6.07 Å². The number of aliphatic hydroxyl groups is 1. The first-order chi connectivity index (χ1) is 19.1. The third-order valence-electron chi connectivity index (χ3n) is 9.26. The Morgan fingerprint density at radius 1 is 1.27 bits per heavy atom. The van der Waals surface area contributed by atoms with Crippen LogP contribution in [0.1, 0.15) is 50.7 Å². The number of methoxy groups -OCH3 is 1. The number of hydrazine groups is 1. The van der Waals surface area contributed by atoms with Gasteiger partial charge >= 0.3 is 11.9 Å². The standard InChI is InChI=1S/C28H36N4O8/c1-14(31-24(33)17-5-4-11-30-17)25(34)38-15(2)26(35)39-19-8-9-28(36)20-13-16-6-7-18(37-3)22-21(16)27(28,23(19)40-22)10-12-32(20)29/h6-8,14-15,17,20,23,30,36H,4-5,9-13,29H2,1-3H3,(H,31,33)/t14-,15-,17-,20+,23-,27-,28+/m0/s1. The topological polar surface area (TPSA) is 162 Å². The smallest absolute Gasteiger partial charge is 0.352 e.